The molecule has 1 aliphatic rings. The molecule has 1 aromatic heterocycles. The van der Waals surface area contributed by atoms with E-state index in [4.69, 9.17) is 5.73 Å². The number of nitrogens with zero attached hydrogens (tertiary/aromatic N) is 1. The number of nitrogens with two attached hydrogens (primary N) is 1. The van der Waals surface area contributed by atoms with Crippen molar-refractivity contribution in [3.05, 3.63) is 27.5 Å². The number of ketones is 1. The highest BCUT2D eigenvalue weighted by Crippen LogP contribution is 2.25. The zero-order chi connectivity index (χ0) is 18.2. The molecule has 5 nitrogen and oxygen atoms in total. The molecule has 136 valence electrons. The van der Waals surface area contributed by atoms with E-state index in [2.05, 4.69) is 23.5 Å². The van der Waals surface area contributed by atoms with Crippen molar-refractivity contribution in [3.8, 4) is 0 Å². The van der Waals surface area contributed by atoms with Crippen molar-refractivity contribution in [1.82, 2.24) is 10.3 Å². The number of rotatable bonds is 9. The Labute approximate surface area is 152 Å². The van der Waals surface area contributed by atoms with E-state index in [0.717, 1.165) is 43.1 Å². The first-order valence-corrected chi connectivity index (χ1v) is 9.71. The van der Waals surface area contributed by atoms with Gasteiger partial charge in [0.15, 0.2) is 5.01 Å². The molecule has 0 radical (unpaired) electrons. The molecule has 0 unspecified atom stereocenters. The highest BCUT2D eigenvalue weighted by Gasteiger charge is 2.29. The Morgan fingerprint density at radius 3 is 2.72 bits per heavy atom. The van der Waals surface area contributed by atoms with Gasteiger partial charge in [-0.1, -0.05) is 32.1 Å². The van der Waals surface area contributed by atoms with Crippen LogP contribution in [0, 0.1) is 5.92 Å². The highest BCUT2D eigenvalue weighted by atomic mass is 32.1. The summed E-state index contributed by atoms with van der Waals surface area (Å²) >= 11 is 1.26. The number of amides is 1. The maximum atomic E-state index is 12.9. The van der Waals surface area contributed by atoms with Gasteiger partial charge in [-0.2, -0.15) is 0 Å². The molecule has 1 fully saturated rings. The lowest BCUT2D eigenvalue weighted by Gasteiger charge is -2.19. The molecular weight excluding hydrogens is 334 g/mol. The molecule has 6 heteroatoms. The van der Waals surface area contributed by atoms with Crippen LogP contribution in [0.2, 0.25) is 0 Å². The minimum Gasteiger partial charge on any atom is -0.346 e. The van der Waals surface area contributed by atoms with Crippen molar-refractivity contribution in [1.29, 1.82) is 0 Å². The third-order valence-corrected chi connectivity index (χ3v) is 5.46. The maximum Gasteiger partial charge on any atom is 0.223 e. The molecule has 0 bridgehead atoms. The van der Waals surface area contributed by atoms with E-state index in [9.17, 15) is 9.59 Å². The number of nitrogens with one attached hydrogen (secondary N) is 1. The van der Waals surface area contributed by atoms with Crippen LogP contribution in [0.1, 0.15) is 54.7 Å². The molecule has 1 heterocycles. The van der Waals surface area contributed by atoms with E-state index < -0.39 is 6.04 Å². The molecule has 1 aromatic rings. The molecule has 1 atom stereocenters. The summed E-state index contributed by atoms with van der Waals surface area (Å²) in [6.45, 7) is 8.15. The molecule has 25 heavy (non-hydrogen) atoms. The average Bonchev–Trinajstić information content (AvgIpc) is 3.24. The van der Waals surface area contributed by atoms with Gasteiger partial charge in [0.1, 0.15) is 0 Å². The minimum atomic E-state index is -0.540. The Kier molecular flexibility index (Phi) is 7.52. The van der Waals surface area contributed by atoms with E-state index in [0.29, 0.717) is 23.3 Å². The predicted molar refractivity (Wildman–Crippen MR) is 103 cm³/mol. The normalized spacial score (nSPS) is 16.8. The van der Waals surface area contributed by atoms with E-state index in [1.54, 1.807) is 12.2 Å². The maximum absolute atomic E-state index is 12.9. The van der Waals surface area contributed by atoms with Gasteiger partial charge in [-0.25, -0.2) is 4.98 Å². The molecule has 1 aliphatic carbocycles. The standard InChI is InChI=1S/C19H27N3O2S/c1-3-8-15-13(2)25-19(22-15)17(23)16(11-6-7-12-20)21-18(24)14-9-4-5-10-14/h3,8,14,16H,1-2,4-7,9-12,20H2,(H,21,24)/b15-8+/t16-/m0/s1. The van der Waals surface area contributed by atoms with Gasteiger partial charge >= 0.3 is 0 Å². The monoisotopic (exact) mass is 361 g/mol. The van der Waals surface area contributed by atoms with Crippen molar-refractivity contribution in [2.45, 2.75) is 51.0 Å². The number of hydrogen-bond donors (Lipinski definition) is 2. The number of carbonyl (C=O) groups excluding carboxylic acids is 2. The van der Waals surface area contributed by atoms with Crippen LogP contribution in [-0.4, -0.2) is 29.3 Å². The van der Waals surface area contributed by atoms with Gasteiger partial charge in [0, 0.05) is 10.5 Å². The van der Waals surface area contributed by atoms with Crippen LogP contribution in [0.25, 0.3) is 12.7 Å². The number of carbonyl (C=O) groups is 2. The van der Waals surface area contributed by atoms with Crippen LogP contribution < -0.4 is 20.9 Å². The van der Waals surface area contributed by atoms with Gasteiger partial charge in [-0.05, 0) is 44.7 Å². The van der Waals surface area contributed by atoms with E-state index in [1.807, 2.05) is 0 Å². The summed E-state index contributed by atoms with van der Waals surface area (Å²) < 4.78 is 0.728. The van der Waals surface area contributed by atoms with Gasteiger partial charge in [0.25, 0.3) is 0 Å². The summed E-state index contributed by atoms with van der Waals surface area (Å²) in [6.07, 6.45) is 9.56. The molecule has 0 aliphatic heterocycles. The molecule has 1 amide bonds. The number of thiazole rings is 1. The number of Topliss-reactive ketones (excluding diaryl/α,β-unsaturated/α-hetero) is 1. The lowest BCUT2D eigenvalue weighted by Crippen LogP contribution is -2.43. The lowest BCUT2D eigenvalue weighted by atomic mass is 10.0. The van der Waals surface area contributed by atoms with Gasteiger partial charge in [-0.15, -0.1) is 11.3 Å². The van der Waals surface area contributed by atoms with Crippen molar-refractivity contribution in [2.75, 3.05) is 6.54 Å². The average molecular weight is 362 g/mol. The minimum absolute atomic E-state index is 0.00659. The van der Waals surface area contributed by atoms with Gasteiger partial charge in [0.05, 0.1) is 11.4 Å². The first kappa shape index (κ1) is 19.5. The van der Waals surface area contributed by atoms with Crippen LogP contribution in [0.3, 0.4) is 0 Å². The largest absolute Gasteiger partial charge is 0.346 e. The van der Waals surface area contributed by atoms with Crippen molar-refractivity contribution < 1.29 is 9.59 Å². The second kappa shape index (κ2) is 9.63. The molecule has 0 aromatic carbocycles. The predicted octanol–water partition coefficient (Wildman–Crippen LogP) is 1.51. The Hall–Kier alpha value is -1.79. The molecule has 3 N–H and O–H groups in total. The highest BCUT2D eigenvalue weighted by molar-refractivity contribution is 7.11. The molecule has 0 spiro atoms. The van der Waals surface area contributed by atoms with Gasteiger partial charge < -0.3 is 11.1 Å². The molecule has 1 saturated carbocycles. The summed E-state index contributed by atoms with van der Waals surface area (Å²) in [4.78, 5) is 29.7. The van der Waals surface area contributed by atoms with E-state index in [-0.39, 0.29) is 17.6 Å². The second-order valence-corrected chi connectivity index (χ2v) is 7.50. The number of aromatic nitrogens is 1. The number of allylic oxidation sites excluding steroid dienone is 1. The smallest absolute Gasteiger partial charge is 0.223 e. The summed E-state index contributed by atoms with van der Waals surface area (Å²) in [5.74, 6) is -0.107. The van der Waals surface area contributed by atoms with Crippen LogP contribution in [-0.2, 0) is 4.79 Å². The summed E-state index contributed by atoms with van der Waals surface area (Å²) in [5.41, 5.74) is 5.55. The van der Waals surface area contributed by atoms with E-state index >= 15 is 0 Å². The second-order valence-electron chi connectivity index (χ2n) is 6.42. The van der Waals surface area contributed by atoms with Gasteiger partial charge in [0.2, 0.25) is 11.7 Å². The summed E-state index contributed by atoms with van der Waals surface area (Å²) in [6, 6.07) is -0.540. The van der Waals surface area contributed by atoms with Crippen molar-refractivity contribution in [3.63, 3.8) is 0 Å². The fraction of sp³-hybridized carbons (Fsp3) is 0.526. The van der Waals surface area contributed by atoms with Gasteiger partial charge in [-0.3, -0.25) is 9.59 Å². The quantitative estimate of drug-likeness (QED) is 0.516. The Morgan fingerprint density at radius 2 is 2.08 bits per heavy atom. The third-order valence-electron chi connectivity index (χ3n) is 4.52. The zero-order valence-corrected chi connectivity index (χ0v) is 15.4. The first-order valence-electron chi connectivity index (χ1n) is 8.90. The molecule has 2 rings (SSSR count). The Balaban J connectivity index is 2.15. The lowest BCUT2D eigenvalue weighted by molar-refractivity contribution is -0.125. The number of unbranched alkanes of at least 4 members (excludes halogenated alkanes) is 1. The zero-order valence-electron chi connectivity index (χ0n) is 14.6. The van der Waals surface area contributed by atoms with Crippen molar-refractivity contribution in [2.24, 2.45) is 11.7 Å². The topological polar surface area (TPSA) is 85.1 Å². The van der Waals surface area contributed by atoms with Crippen LogP contribution in [0.15, 0.2) is 12.7 Å². The molecular formula is C19H27N3O2S. The Morgan fingerprint density at radius 1 is 1.36 bits per heavy atom. The number of hydrogen-bond acceptors (Lipinski definition) is 5. The Bertz CT molecular complexity index is 720. The fourth-order valence-electron chi connectivity index (χ4n) is 3.10. The SMILES string of the molecule is C=C/C=c1/nc(C(=O)[C@H](CCCCN)NC(=O)C2CCCC2)sc1=C. The molecule has 0 saturated heterocycles. The summed E-state index contributed by atoms with van der Waals surface area (Å²) in [7, 11) is 0. The van der Waals surface area contributed by atoms with Crippen molar-refractivity contribution >= 4 is 35.7 Å². The summed E-state index contributed by atoms with van der Waals surface area (Å²) in [5, 5.41) is 4.01. The third kappa shape index (κ3) is 5.34. The van der Waals surface area contributed by atoms with E-state index in [1.165, 1.54) is 11.3 Å². The van der Waals surface area contributed by atoms with Crippen LogP contribution in [0.4, 0.5) is 0 Å². The fourth-order valence-corrected chi connectivity index (χ4v) is 3.94. The van der Waals surface area contributed by atoms with Crippen LogP contribution >= 0.6 is 11.3 Å². The van der Waals surface area contributed by atoms with Crippen LogP contribution in [0.5, 0.6) is 0 Å². The first-order chi connectivity index (χ1) is 12.1.